The molecule has 0 heterocycles. The zero-order valence-corrected chi connectivity index (χ0v) is 9.91. The van der Waals surface area contributed by atoms with Crippen molar-refractivity contribution in [3.8, 4) is 16.9 Å². The molecule has 0 fully saturated rings. The third kappa shape index (κ3) is 1.94. The topological polar surface area (TPSA) is 20.2 Å². The van der Waals surface area contributed by atoms with Gasteiger partial charge in [-0.2, -0.15) is 0 Å². The van der Waals surface area contributed by atoms with Crippen LogP contribution < -0.4 is 0 Å². The molecule has 0 amide bonds. The number of aromatic hydroxyl groups is 1. The summed E-state index contributed by atoms with van der Waals surface area (Å²) >= 11 is 0. The summed E-state index contributed by atoms with van der Waals surface area (Å²) in [5.74, 6) is 0.399. The first kappa shape index (κ1) is 10.7. The summed E-state index contributed by atoms with van der Waals surface area (Å²) in [5, 5.41) is 9.73. The second-order valence-electron chi connectivity index (χ2n) is 4.33. The van der Waals surface area contributed by atoms with Gasteiger partial charge in [-0.1, -0.05) is 29.8 Å². The maximum Gasteiger partial charge on any atom is 0.121 e. The Kier molecular flexibility index (Phi) is 2.69. The number of phenolic OH excluding ortho intramolecular Hbond substituents is 1. The maximum absolute atomic E-state index is 9.73. The molecule has 0 aliphatic carbocycles. The molecule has 0 radical (unpaired) electrons. The molecule has 0 aromatic heterocycles. The van der Waals surface area contributed by atoms with Crippen molar-refractivity contribution in [1.29, 1.82) is 0 Å². The van der Waals surface area contributed by atoms with Crippen molar-refractivity contribution < 1.29 is 5.11 Å². The molecule has 1 nitrogen and oxygen atoms in total. The van der Waals surface area contributed by atoms with Gasteiger partial charge in [0.05, 0.1) is 0 Å². The standard InChI is InChI=1S/C15H16O/c1-10-5-4-6-13(7-10)14-8-11(2)15(16)12(3)9-14/h4-9,16H,1-3H3. The number of aryl methyl sites for hydroxylation is 3. The molecular weight excluding hydrogens is 196 g/mol. The monoisotopic (exact) mass is 212 g/mol. The smallest absolute Gasteiger partial charge is 0.121 e. The van der Waals surface area contributed by atoms with Crippen LogP contribution in [0.1, 0.15) is 16.7 Å². The molecule has 0 saturated carbocycles. The molecule has 0 bridgehead atoms. The molecule has 0 aliphatic heterocycles. The van der Waals surface area contributed by atoms with Crippen molar-refractivity contribution in [2.75, 3.05) is 0 Å². The highest BCUT2D eigenvalue weighted by atomic mass is 16.3. The summed E-state index contributed by atoms with van der Waals surface area (Å²) in [6.07, 6.45) is 0. The highest BCUT2D eigenvalue weighted by molar-refractivity contribution is 5.67. The molecule has 0 saturated heterocycles. The van der Waals surface area contributed by atoms with Gasteiger partial charge in [-0.3, -0.25) is 0 Å². The lowest BCUT2D eigenvalue weighted by molar-refractivity contribution is 0.467. The van der Waals surface area contributed by atoms with Gasteiger partial charge in [-0.15, -0.1) is 0 Å². The van der Waals surface area contributed by atoms with E-state index in [0.29, 0.717) is 5.75 Å². The first-order chi connectivity index (χ1) is 7.58. The van der Waals surface area contributed by atoms with Crippen LogP contribution >= 0.6 is 0 Å². The third-order valence-corrected chi connectivity index (χ3v) is 2.84. The van der Waals surface area contributed by atoms with Crippen molar-refractivity contribution >= 4 is 0 Å². The molecule has 0 atom stereocenters. The molecule has 82 valence electrons. The van der Waals surface area contributed by atoms with E-state index in [-0.39, 0.29) is 0 Å². The second-order valence-corrected chi connectivity index (χ2v) is 4.33. The molecule has 16 heavy (non-hydrogen) atoms. The predicted octanol–water partition coefficient (Wildman–Crippen LogP) is 3.98. The van der Waals surface area contributed by atoms with E-state index >= 15 is 0 Å². The zero-order chi connectivity index (χ0) is 11.7. The van der Waals surface area contributed by atoms with Gasteiger partial charge in [-0.05, 0) is 55.2 Å². The van der Waals surface area contributed by atoms with Gasteiger partial charge in [-0.25, -0.2) is 0 Å². The Bertz CT molecular complexity index is 504. The first-order valence-electron chi connectivity index (χ1n) is 5.45. The van der Waals surface area contributed by atoms with Crippen molar-refractivity contribution in [2.45, 2.75) is 20.8 Å². The normalized spacial score (nSPS) is 10.4. The van der Waals surface area contributed by atoms with Crippen LogP contribution in [-0.4, -0.2) is 5.11 Å². The van der Waals surface area contributed by atoms with Crippen molar-refractivity contribution in [2.24, 2.45) is 0 Å². The lowest BCUT2D eigenvalue weighted by Crippen LogP contribution is -1.85. The van der Waals surface area contributed by atoms with E-state index in [1.165, 1.54) is 11.1 Å². The van der Waals surface area contributed by atoms with Crippen LogP contribution in [0.25, 0.3) is 11.1 Å². The number of hydrogen-bond acceptors (Lipinski definition) is 1. The van der Waals surface area contributed by atoms with Crippen LogP contribution in [0.4, 0.5) is 0 Å². The molecular formula is C15H16O. The van der Waals surface area contributed by atoms with Gasteiger partial charge in [0.25, 0.3) is 0 Å². The second kappa shape index (κ2) is 4.01. The Hall–Kier alpha value is -1.76. The fraction of sp³-hybridized carbons (Fsp3) is 0.200. The molecule has 1 N–H and O–H groups in total. The Morgan fingerprint density at radius 3 is 2.00 bits per heavy atom. The molecule has 1 heteroatoms. The average Bonchev–Trinajstić information content (AvgIpc) is 2.25. The zero-order valence-electron chi connectivity index (χ0n) is 9.91. The molecule has 0 aliphatic rings. The Morgan fingerprint density at radius 2 is 1.44 bits per heavy atom. The van der Waals surface area contributed by atoms with Gasteiger partial charge in [0.1, 0.15) is 5.75 Å². The molecule has 2 aromatic carbocycles. The van der Waals surface area contributed by atoms with Gasteiger partial charge in [0.15, 0.2) is 0 Å². The Balaban J connectivity index is 2.57. The summed E-state index contributed by atoms with van der Waals surface area (Å²) in [5.41, 5.74) is 5.47. The molecule has 0 unspecified atom stereocenters. The van der Waals surface area contributed by atoms with Crippen LogP contribution in [0.15, 0.2) is 36.4 Å². The van der Waals surface area contributed by atoms with Crippen LogP contribution in [-0.2, 0) is 0 Å². The van der Waals surface area contributed by atoms with Crippen molar-refractivity contribution in [1.82, 2.24) is 0 Å². The van der Waals surface area contributed by atoms with Gasteiger partial charge < -0.3 is 5.11 Å². The van der Waals surface area contributed by atoms with E-state index in [1.807, 2.05) is 26.0 Å². The molecule has 2 aromatic rings. The minimum absolute atomic E-state index is 0.399. The van der Waals surface area contributed by atoms with Crippen LogP contribution in [0.3, 0.4) is 0 Å². The fourth-order valence-corrected chi connectivity index (χ4v) is 1.95. The minimum atomic E-state index is 0.399. The first-order valence-corrected chi connectivity index (χ1v) is 5.45. The van der Waals surface area contributed by atoms with Gasteiger partial charge >= 0.3 is 0 Å². The van der Waals surface area contributed by atoms with E-state index in [9.17, 15) is 5.11 Å². The Labute approximate surface area is 96.4 Å². The summed E-state index contributed by atoms with van der Waals surface area (Å²) in [7, 11) is 0. The van der Waals surface area contributed by atoms with Crippen LogP contribution in [0, 0.1) is 20.8 Å². The largest absolute Gasteiger partial charge is 0.507 e. The lowest BCUT2D eigenvalue weighted by atomic mass is 9.99. The third-order valence-electron chi connectivity index (χ3n) is 2.84. The van der Waals surface area contributed by atoms with Gasteiger partial charge in [0, 0.05) is 0 Å². The minimum Gasteiger partial charge on any atom is -0.507 e. The fourth-order valence-electron chi connectivity index (χ4n) is 1.95. The van der Waals surface area contributed by atoms with Crippen LogP contribution in [0.2, 0.25) is 0 Å². The van der Waals surface area contributed by atoms with E-state index < -0.39 is 0 Å². The summed E-state index contributed by atoms with van der Waals surface area (Å²) in [4.78, 5) is 0. The highest BCUT2D eigenvalue weighted by Crippen LogP contribution is 2.29. The Morgan fingerprint density at radius 1 is 0.812 bits per heavy atom. The molecule has 0 spiro atoms. The maximum atomic E-state index is 9.73. The lowest BCUT2D eigenvalue weighted by Gasteiger charge is -2.08. The van der Waals surface area contributed by atoms with Crippen molar-refractivity contribution in [3.63, 3.8) is 0 Å². The van der Waals surface area contributed by atoms with E-state index in [2.05, 4.69) is 31.2 Å². The van der Waals surface area contributed by atoms with Crippen LogP contribution in [0.5, 0.6) is 5.75 Å². The summed E-state index contributed by atoms with van der Waals surface area (Å²) < 4.78 is 0. The van der Waals surface area contributed by atoms with E-state index in [1.54, 1.807) is 0 Å². The summed E-state index contributed by atoms with van der Waals surface area (Å²) in [6, 6.07) is 12.4. The average molecular weight is 212 g/mol. The number of hydrogen-bond donors (Lipinski definition) is 1. The number of benzene rings is 2. The predicted molar refractivity (Wildman–Crippen MR) is 67.8 cm³/mol. The number of phenols is 1. The quantitative estimate of drug-likeness (QED) is 0.758. The molecule has 2 rings (SSSR count). The number of rotatable bonds is 1. The SMILES string of the molecule is Cc1cccc(-c2cc(C)c(O)c(C)c2)c1. The van der Waals surface area contributed by atoms with Gasteiger partial charge in [0.2, 0.25) is 0 Å². The highest BCUT2D eigenvalue weighted by Gasteiger charge is 2.05. The summed E-state index contributed by atoms with van der Waals surface area (Å²) in [6.45, 7) is 5.95. The van der Waals surface area contributed by atoms with Crippen molar-refractivity contribution in [3.05, 3.63) is 53.1 Å². The van der Waals surface area contributed by atoms with E-state index in [0.717, 1.165) is 16.7 Å². The van der Waals surface area contributed by atoms with E-state index in [4.69, 9.17) is 0 Å².